The van der Waals surface area contributed by atoms with E-state index < -0.39 is 20.0 Å². The first-order chi connectivity index (χ1) is 35.0. The van der Waals surface area contributed by atoms with E-state index in [1.807, 2.05) is 27.2 Å². The van der Waals surface area contributed by atoms with E-state index in [9.17, 15) is 19.4 Å². The molecule has 0 bridgehead atoms. The minimum Gasteiger partial charge on any atom is -0.756 e. The molecule has 0 aliphatic heterocycles. The quantitative estimate of drug-likeness (QED) is 0.0272. The van der Waals surface area contributed by atoms with Gasteiger partial charge in [-0.2, -0.15) is 0 Å². The second-order valence-corrected chi connectivity index (χ2v) is 24.2. The van der Waals surface area contributed by atoms with Crippen LogP contribution < -0.4 is 10.2 Å². The van der Waals surface area contributed by atoms with E-state index in [1.165, 1.54) is 244 Å². The Bertz CT molecular complexity index is 1270. The number of hydrogen-bond acceptors (Lipinski definition) is 6. The lowest BCUT2D eigenvalue weighted by Gasteiger charge is -2.29. The van der Waals surface area contributed by atoms with Gasteiger partial charge in [0.05, 0.1) is 39.9 Å². The van der Waals surface area contributed by atoms with E-state index in [2.05, 4.69) is 43.5 Å². The fourth-order valence-corrected chi connectivity index (χ4v) is 10.1. The minimum atomic E-state index is -4.60. The van der Waals surface area contributed by atoms with Gasteiger partial charge in [-0.05, 0) is 51.4 Å². The summed E-state index contributed by atoms with van der Waals surface area (Å²) in [5, 5.41) is 13.9. The van der Waals surface area contributed by atoms with Gasteiger partial charge >= 0.3 is 0 Å². The third-order valence-corrected chi connectivity index (χ3v) is 15.3. The topological polar surface area (TPSA) is 108 Å². The molecule has 1 amide bonds. The summed E-state index contributed by atoms with van der Waals surface area (Å²) >= 11 is 0. The van der Waals surface area contributed by atoms with Crippen LogP contribution in [0.3, 0.4) is 0 Å². The summed E-state index contributed by atoms with van der Waals surface area (Å²) in [6.07, 6.45) is 70.9. The van der Waals surface area contributed by atoms with Gasteiger partial charge in [0.15, 0.2) is 0 Å². The van der Waals surface area contributed by atoms with Crippen molar-refractivity contribution in [3.05, 3.63) is 36.5 Å². The third kappa shape index (κ3) is 56.4. The van der Waals surface area contributed by atoms with E-state index >= 15 is 0 Å². The molecule has 0 aromatic rings. The molecule has 0 saturated carbocycles. The number of aliphatic hydroxyl groups is 1. The molecule has 0 heterocycles. The summed E-state index contributed by atoms with van der Waals surface area (Å²) in [5.74, 6) is -0.194. The first-order valence-electron chi connectivity index (χ1n) is 31.4. The van der Waals surface area contributed by atoms with Crippen LogP contribution in [0.15, 0.2) is 36.5 Å². The number of aliphatic hydroxyl groups excluding tert-OH is 1. The molecule has 0 aromatic carbocycles. The molecule has 2 N–H and O–H groups in total. The summed E-state index contributed by atoms with van der Waals surface area (Å²) in [6, 6.07) is -0.887. The average Bonchev–Trinajstić information content (AvgIpc) is 3.34. The van der Waals surface area contributed by atoms with Gasteiger partial charge in [0.1, 0.15) is 13.2 Å². The highest BCUT2D eigenvalue weighted by Crippen LogP contribution is 2.38. The highest BCUT2D eigenvalue weighted by molar-refractivity contribution is 7.45. The Labute approximate surface area is 448 Å². The molecule has 426 valence electrons. The van der Waals surface area contributed by atoms with Gasteiger partial charge in [0.2, 0.25) is 5.91 Å². The van der Waals surface area contributed by atoms with Gasteiger partial charge in [-0.3, -0.25) is 9.36 Å². The fourth-order valence-electron chi connectivity index (χ4n) is 9.42. The van der Waals surface area contributed by atoms with Crippen molar-refractivity contribution < 1.29 is 32.9 Å². The maximum Gasteiger partial charge on any atom is 0.268 e. The highest BCUT2D eigenvalue weighted by Gasteiger charge is 2.23. The molecule has 0 fully saturated rings. The molecule has 3 unspecified atom stereocenters. The van der Waals surface area contributed by atoms with Crippen LogP contribution in [0.25, 0.3) is 0 Å². The normalized spacial score (nSPS) is 14.0. The number of likely N-dealkylation sites (N-methyl/N-ethyl adjacent to an activating group) is 1. The zero-order chi connectivity index (χ0) is 52.7. The molecule has 72 heavy (non-hydrogen) atoms. The first kappa shape index (κ1) is 70.7. The number of rotatable bonds is 58. The smallest absolute Gasteiger partial charge is 0.268 e. The van der Waals surface area contributed by atoms with E-state index in [-0.39, 0.29) is 19.1 Å². The molecular formula is C63H123N2O6P. The predicted molar refractivity (Wildman–Crippen MR) is 311 cm³/mol. The Morgan fingerprint density at radius 3 is 1.15 bits per heavy atom. The van der Waals surface area contributed by atoms with Crippen molar-refractivity contribution in [2.24, 2.45) is 0 Å². The van der Waals surface area contributed by atoms with Gasteiger partial charge in [0.25, 0.3) is 7.82 Å². The lowest BCUT2D eigenvalue weighted by atomic mass is 10.0. The number of phosphoric ester groups is 1. The van der Waals surface area contributed by atoms with Crippen LogP contribution in [0, 0.1) is 0 Å². The largest absolute Gasteiger partial charge is 0.756 e. The number of nitrogens with zero attached hydrogens (tertiary/aromatic N) is 1. The van der Waals surface area contributed by atoms with Crippen LogP contribution >= 0.6 is 7.82 Å². The number of nitrogens with one attached hydrogen (secondary N) is 1. The standard InChI is InChI=1S/C63H123N2O6P/c1-6-8-10-12-14-16-18-20-22-24-26-28-29-30-31-32-33-34-35-37-39-41-43-45-47-49-51-53-55-57-63(67)64-61(60-71-72(68,69)70-59-58-65(3,4)5)62(66)56-54-52-50-48-46-44-42-40-38-36-27-25-23-21-19-17-15-13-11-9-7-2/h26,28,30-31,54,56,61-62,66H,6-25,27,29,32-53,55,57-60H2,1-5H3,(H-,64,67,68,69)/b28-26-,31-30-,56-54+. The Morgan fingerprint density at radius 1 is 0.486 bits per heavy atom. The maximum atomic E-state index is 13.0. The highest BCUT2D eigenvalue weighted by atomic mass is 31.2. The van der Waals surface area contributed by atoms with Gasteiger partial charge in [0, 0.05) is 6.42 Å². The molecule has 0 aromatic heterocycles. The van der Waals surface area contributed by atoms with Crippen LogP contribution in [0.2, 0.25) is 0 Å². The third-order valence-electron chi connectivity index (χ3n) is 14.3. The second kappa shape index (κ2) is 54.5. The molecule has 0 aliphatic rings. The predicted octanol–water partition coefficient (Wildman–Crippen LogP) is 18.7. The van der Waals surface area contributed by atoms with Crippen molar-refractivity contribution in [2.75, 3.05) is 40.9 Å². The molecule has 0 radical (unpaired) electrons. The van der Waals surface area contributed by atoms with Gasteiger partial charge in [-0.1, -0.05) is 288 Å². The lowest BCUT2D eigenvalue weighted by molar-refractivity contribution is -0.870. The number of amides is 1. The fraction of sp³-hybridized carbons (Fsp3) is 0.889. The van der Waals surface area contributed by atoms with E-state index in [1.54, 1.807) is 6.08 Å². The summed E-state index contributed by atoms with van der Waals surface area (Å²) in [7, 11) is 1.27. The summed E-state index contributed by atoms with van der Waals surface area (Å²) < 4.78 is 23.4. The molecule has 0 spiro atoms. The molecule has 0 rings (SSSR count). The zero-order valence-corrected chi connectivity index (χ0v) is 49.5. The number of hydrogen-bond donors (Lipinski definition) is 2. The summed E-state index contributed by atoms with van der Waals surface area (Å²) in [4.78, 5) is 25.6. The molecular weight excluding hydrogens is 912 g/mol. The van der Waals surface area contributed by atoms with Crippen LogP contribution in [0.5, 0.6) is 0 Å². The summed E-state index contributed by atoms with van der Waals surface area (Å²) in [6.45, 7) is 4.69. The van der Waals surface area contributed by atoms with Crippen molar-refractivity contribution in [3.63, 3.8) is 0 Å². The van der Waals surface area contributed by atoms with E-state index in [4.69, 9.17) is 9.05 Å². The number of carbonyl (C=O) groups excluding carboxylic acids is 1. The van der Waals surface area contributed by atoms with Crippen LogP contribution in [-0.4, -0.2) is 68.5 Å². The SMILES string of the molecule is CCCCCCCCCCC/C=C\C/C=C\CCCCCCCCCCCCCCCC(=O)NC(COP(=O)([O-])OCC[N+](C)(C)C)C(O)/C=C/CCCCCCCCCCCCCCCCCCCCC. The molecule has 9 heteroatoms. The average molecular weight is 1040 g/mol. The van der Waals surface area contributed by atoms with E-state index in [0.717, 1.165) is 44.9 Å². The maximum absolute atomic E-state index is 13.0. The number of phosphoric acid groups is 1. The molecule has 8 nitrogen and oxygen atoms in total. The minimum absolute atomic E-state index is 0.000146. The zero-order valence-electron chi connectivity index (χ0n) is 48.6. The molecule has 0 aliphatic carbocycles. The lowest BCUT2D eigenvalue weighted by Crippen LogP contribution is -2.45. The number of quaternary nitrogens is 1. The van der Waals surface area contributed by atoms with Crippen molar-refractivity contribution in [1.29, 1.82) is 0 Å². The number of allylic oxidation sites excluding steroid dienone is 5. The number of carbonyl (C=O) groups is 1. The van der Waals surface area contributed by atoms with Crippen molar-refractivity contribution in [1.82, 2.24) is 5.32 Å². The van der Waals surface area contributed by atoms with Gasteiger partial charge < -0.3 is 28.8 Å². The van der Waals surface area contributed by atoms with Gasteiger partial charge in [-0.25, -0.2) is 0 Å². The van der Waals surface area contributed by atoms with Crippen LogP contribution in [0.1, 0.15) is 309 Å². The van der Waals surface area contributed by atoms with Crippen molar-refractivity contribution in [3.8, 4) is 0 Å². The first-order valence-corrected chi connectivity index (χ1v) is 32.8. The van der Waals surface area contributed by atoms with E-state index in [0.29, 0.717) is 17.4 Å². The van der Waals surface area contributed by atoms with Gasteiger partial charge in [-0.15, -0.1) is 0 Å². The monoisotopic (exact) mass is 1030 g/mol. The number of unbranched alkanes of at least 4 members (excludes halogenated alkanes) is 41. The Balaban J connectivity index is 4.13. The Morgan fingerprint density at radius 2 is 0.806 bits per heavy atom. The van der Waals surface area contributed by atoms with Crippen LogP contribution in [-0.2, 0) is 18.4 Å². The summed E-state index contributed by atoms with van der Waals surface area (Å²) in [5.41, 5.74) is 0. The Kier molecular flexibility index (Phi) is 53.5. The molecule has 0 saturated heterocycles. The van der Waals surface area contributed by atoms with Crippen LogP contribution in [0.4, 0.5) is 0 Å². The Hall–Kier alpha value is -1.28. The molecule has 3 atom stereocenters. The van der Waals surface area contributed by atoms with Crippen molar-refractivity contribution >= 4 is 13.7 Å². The second-order valence-electron chi connectivity index (χ2n) is 22.8. The van der Waals surface area contributed by atoms with Crippen molar-refractivity contribution in [2.45, 2.75) is 321 Å².